The first-order valence-electron chi connectivity index (χ1n) is 6.55. The molecule has 4 nitrogen and oxygen atoms in total. The number of halogens is 1. The zero-order chi connectivity index (χ0) is 14.8. The first-order valence-corrected chi connectivity index (χ1v) is 11.9. The highest BCUT2D eigenvalue weighted by molar-refractivity contribution is 7.98. The van der Waals surface area contributed by atoms with Crippen molar-refractivity contribution in [3.05, 3.63) is 17.5 Å². The van der Waals surface area contributed by atoms with Crippen molar-refractivity contribution in [3.8, 4) is 0 Å². The van der Waals surface area contributed by atoms with Gasteiger partial charge in [-0.25, -0.2) is 4.98 Å². The van der Waals surface area contributed by atoms with E-state index in [1.807, 2.05) is 23.1 Å². The molecular weight excluding hydrogens is 310 g/mol. The number of ether oxygens (including phenoxy) is 1. The number of nitrogens with zero attached hydrogens (tertiary/aromatic N) is 3. The summed E-state index contributed by atoms with van der Waals surface area (Å²) in [5.74, 6) is 0. The number of fused-ring (bicyclic) bond motifs is 1. The van der Waals surface area contributed by atoms with Gasteiger partial charge in [-0.15, -0.1) is 11.8 Å². The Morgan fingerprint density at radius 1 is 1.35 bits per heavy atom. The van der Waals surface area contributed by atoms with Gasteiger partial charge in [0.15, 0.2) is 0 Å². The summed E-state index contributed by atoms with van der Waals surface area (Å²) in [6, 6.07) is 3.18. The molecule has 0 unspecified atom stereocenters. The van der Waals surface area contributed by atoms with Gasteiger partial charge in [0.25, 0.3) is 0 Å². The second kappa shape index (κ2) is 6.47. The summed E-state index contributed by atoms with van der Waals surface area (Å²) in [6.45, 7) is 8.34. The molecule has 110 valence electrons. The van der Waals surface area contributed by atoms with Crippen molar-refractivity contribution in [1.82, 2.24) is 14.5 Å². The van der Waals surface area contributed by atoms with Crippen LogP contribution in [0.4, 0.5) is 0 Å². The van der Waals surface area contributed by atoms with Gasteiger partial charge in [0, 0.05) is 20.9 Å². The molecule has 7 heteroatoms. The molecule has 0 fully saturated rings. The fourth-order valence-corrected chi connectivity index (χ4v) is 3.34. The fourth-order valence-electron chi connectivity index (χ4n) is 1.81. The van der Waals surface area contributed by atoms with E-state index in [4.69, 9.17) is 16.3 Å². The molecule has 0 N–H and O–H groups in total. The van der Waals surface area contributed by atoms with Crippen LogP contribution in [0.3, 0.4) is 0 Å². The molecule has 2 aromatic rings. The molecule has 0 aliphatic rings. The normalized spacial score (nSPS) is 12.2. The zero-order valence-electron chi connectivity index (χ0n) is 12.3. The van der Waals surface area contributed by atoms with Gasteiger partial charge >= 0.3 is 0 Å². The molecule has 0 saturated carbocycles. The third kappa shape index (κ3) is 3.97. The molecule has 0 atom stereocenters. The summed E-state index contributed by atoms with van der Waals surface area (Å²) < 4.78 is 7.74. The number of hydrogen-bond donors (Lipinski definition) is 0. The molecule has 2 heterocycles. The van der Waals surface area contributed by atoms with Gasteiger partial charge in [0.05, 0.1) is 5.39 Å². The molecule has 0 aromatic carbocycles. The number of rotatable bonds is 6. The molecular formula is C13H20ClN3OSSi. The van der Waals surface area contributed by atoms with Crippen molar-refractivity contribution in [2.75, 3.05) is 12.9 Å². The molecule has 0 aliphatic carbocycles. The van der Waals surface area contributed by atoms with E-state index < -0.39 is 8.07 Å². The molecule has 0 radical (unpaired) electrons. The van der Waals surface area contributed by atoms with E-state index in [-0.39, 0.29) is 5.28 Å². The second-order valence-electron chi connectivity index (χ2n) is 5.87. The van der Waals surface area contributed by atoms with Crippen LogP contribution >= 0.6 is 23.4 Å². The summed E-state index contributed by atoms with van der Waals surface area (Å²) in [5.41, 5.74) is 0.836. The summed E-state index contributed by atoms with van der Waals surface area (Å²) in [6.07, 6.45) is 3.96. The van der Waals surface area contributed by atoms with Crippen LogP contribution in [0.1, 0.15) is 0 Å². The van der Waals surface area contributed by atoms with E-state index in [1.165, 1.54) is 0 Å². The van der Waals surface area contributed by atoms with E-state index in [0.29, 0.717) is 6.73 Å². The molecule has 20 heavy (non-hydrogen) atoms. The smallest absolute Gasteiger partial charge is 0.225 e. The lowest BCUT2D eigenvalue weighted by Gasteiger charge is -2.15. The van der Waals surface area contributed by atoms with Crippen molar-refractivity contribution in [2.45, 2.75) is 37.4 Å². The van der Waals surface area contributed by atoms with Crippen molar-refractivity contribution >= 4 is 42.5 Å². The van der Waals surface area contributed by atoms with E-state index in [1.54, 1.807) is 11.8 Å². The van der Waals surface area contributed by atoms with E-state index in [2.05, 4.69) is 29.6 Å². The standard InChI is InChI=1S/C13H20ClN3OSSi/c1-19-12-10-5-6-17(11(10)15-13(14)16-12)9-18-7-8-20(2,3)4/h5-6H,7-9H2,1-4H3. The quantitative estimate of drug-likeness (QED) is 0.263. The average molecular weight is 330 g/mol. The number of hydrogen-bond acceptors (Lipinski definition) is 4. The Kier molecular flexibility index (Phi) is 5.12. The molecule has 0 aliphatic heterocycles. The van der Waals surface area contributed by atoms with Crippen LogP contribution in [0.2, 0.25) is 31.0 Å². The SMILES string of the molecule is CSc1nc(Cl)nc2c1ccn2COCC[Si](C)(C)C. The van der Waals surface area contributed by atoms with Crippen LogP contribution < -0.4 is 0 Å². The zero-order valence-corrected chi connectivity index (χ0v) is 14.9. The lowest BCUT2D eigenvalue weighted by molar-refractivity contribution is 0.0899. The highest BCUT2D eigenvalue weighted by atomic mass is 35.5. The highest BCUT2D eigenvalue weighted by Crippen LogP contribution is 2.25. The Bertz CT molecular complexity index is 597. The van der Waals surface area contributed by atoms with Gasteiger partial charge in [-0.05, 0) is 30.0 Å². The van der Waals surface area contributed by atoms with Gasteiger partial charge < -0.3 is 9.30 Å². The van der Waals surface area contributed by atoms with Crippen molar-refractivity contribution in [3.63, 3.8) is 0 Å². The Hall–Kier alpha value is -0.563. The summed E-state index contributed by atoms with van der Waals surface area (Å²) in [5, 5.41) is 2.21. The average Bonchev–Trinajstić information content (AvgIpc) is 2.75. The Morgan fingerprint density at radius 2 is 2.10 bits per heavy atom. The predicted octanol–water partition coefficient (Wildman–Crippen LogP) is 4.12. The van der Waals surface area contributed by atoms with Crippen LogP contribution in [-0.4, -0.2) is 35.5 Å². The maximum atomic E-state index is 5.97. The topological polar surface area (TPSA) is 39.9 Å². The minimum atomic E-state index is -1.04. The minimum Gasteiger partial charge on any atom is -0.361 e. The third-order valence-electron chi connectivity index (χ3n) is 2.98. The summed E-state index contributed by atoms with van der Waals surface area (Å²) >= 11 is 7.54. The van der Waals surface area contributed by atoms with Crippen LogP contribution in [0.5, 0.6) is 0 Å². The van der Waals surface area contributed by atoms with Gasteiger partial charge in [0.2, 0.25) is 5.28 Å². The Morgan fingerprint density at radius 3 is 2.75 bits per heavy atom. The summed E-state index contributed by atoms with van der Waals surface area (Å²) in [7, 11) is -1.04. The predicted molar refractivity (Wildman–Crippen MR) is 88.4 cm³/mol. The highest BCUT2D eigenvalue weighted by Gasteiger charge is 2.13. The Balaban J connectivity index is 2.09. The monoisotopic (exact) mass is 329 g/mol. The lowest BCUT2D eigenvalue weighted by atomic mass is 10.4. The first-order chi connectivity index (χ1) is 9.40. The second-order valence-corrected chi connectivity index (χ2v) is 12.6. The van der Waals surface area contributed by atoms with E-state index in [9.17, 15) is 0 Å². The van der Waals surface area contributed by atoms with Crippen molar-refractivity contribution in [2.24, 2.45) is 0 Å². The summed E-state index contributed by atoms with van der Waals surface area (Å²) in [4.78, 5) is 8.53. The largest absolute Gasteiger partial charge is 0.361 e. The van der Waals surface area contributed by atoms with Crippen molar-refractivity contribution < 1.29 is 4.74 Å². The third-order valence-corrected chi connectivity index (χ3v) is 5.55. The number of thioether (sulfide) groups is 1. The molecule has 2 aromatic heterocycles. The lowest BCUT2D eigenvalue weighted by Crippen LogP contribution is -2.22. The van der Waals surface area contributed by atoms with E-state index >= 15 is 0 Å². The minimum absolute atomic E-state index is 0.281. The molecule has 0 amide bonds. The molecule has 2 rings (SSSR count). The maximum absolute atomic E-state index is 5.97. The molecule has 0 spiro atoms. The van der Waals surface area contributed by atoms with Crippen molar-refractivity contribution in [1.29, 1.82) is 0 Å². The van der Waals surface area contributed by atoms with Crippen LogP contribution in [0, 0.1) is 0 Å². The van der Waals surface area contributed by atoms with Gasteiger partial charge in [-0.1, -0.05) is 19.6 Å². The van der Waals surface area contributed by atoms with Gasteiger partial charge in [-0.3, -0.25) is 0 Å². The van der Waals surface area contributed by atoms with Crippen LogP contribution in [0.15, 0.2) is 17.3 Å². The van der Waals surface area contributed by atoms with E-state index in [0.717, 1.165) is 28.7 Å². The number of aromatic nitrogens is 3. The Labute approximate surface area is 129 Å². The molecule has 0 bridgehead atoms. The van der Waals surface area contributed by atoms with Crippen LogP contribution in [-0.2, 0) is 11.5 Å². The fraction of sp³-hybridized carbons (Fsp3) is 0.538. The van der Waals surface area contributed by atoms with Crippen LogP contribution in [0.25, 0.3) is 11.0 Å². The van der Waals surface area contributed by atoms with Gasteiger partial charge in [-0.2, -0.15) is 4.98 Å². The molecule has 0 saturated heterocycles. The van der Waals surface area contributed by atoms with Gasteiger partial charge in [0.1, 0.15) is 17.4 Å². The first kappa shape index (κ1) is 15.8. The maximum Gasteiger partial charge on any atom is 0.225 e.